The molecule has 0 aromatic heterocycles. The highest BCUT2D eigenvalue weighted by atomic mass is 16.5. The van der Waals surface area contributed by atoms with Crippen LogP contribution < -0.4 is 31.2 Å². The van der Waals surface area contributed by atoms with Gasteiger partial charge in [0, 0.05) is 29.4 Å². The highest BCUT2D eigenvalue weighted by Gasteiger charge is 2.09. The van der Waals surface area contributed by atoms with E-state index in [0.717, 1.165) is 5.56 Å². The molecular formula is C26H26N4O6. The Morgan fingerprint density at radius 3 is 2.08 bits per heavy atom. The van der Waals surface area contributed by atoms with Gasteiger partial charge in [0.1, 0.15) is 11.5 Å². The zero-order chi connectivity index (χ0) is 25.9. The number of nitrogens with one attached hydrogen (secondary N) is 3. The number of hydrogen-bond donors (Lipinski definition) is 4. The molecule has 0 aliphatic heterocycles. The highest BCUT2D eigenvalue weighted by molar-refractivity contribution is 5.96. The molecule has 0 saturated heterocycles. The Morgan fingerprint density at radius 1 is 0.806 bits per heavy atom. The van der Waals surface area contributed by atoms with Crippen LogP contribution in [0.15, 0.2) is 72.8 Å². The minimum absolute atomic E-state index is 0.195. The SMILES string of the molecule is COc1cccc(NC(=O)COc2ccc(C(=O)NCc3ccc(C(=O)NCC(N)=O)cc3)cc2)c1. The second-order valence-electron chi connectivity index (χ2n) is 7.62. The van der Waals surface area contributed by atoms with Crippen LogP contribution in [0, 0.1) is 0 Å². The number of anilines is 1. The average Bonchev–Trinajstić information content (AvgIpc) is 2.89. The number of benzene rings is 3. The van der Waals surface area contributed by atoms with Crippen molar-refractivity contribution in [3.8, 4) is 11.5 Å². The van der Waals surface area contributed by atoms with Crippen molar-refractivity contribution in [2.75, 3.05) is 25.6 Å². The molecule has 186 valence electrons. The van der Waals surface area contributed by atoms with Crippen molar-refractivity contribution in [1.82, 2.24) is 10.6 Å². The van der Waals surface area contributed by atoms with E-state index in [2.05, 4.69) is 16.0 Å². The van der Waals surface area contributed by atoms with Gasteiger partial charge in [-0.2, -0.15) is 0 Å². The molecule has 0 unspecified atom stereocenters. The van der Waals surface area contributed by atoms with Crippen LogP contribution in [0.4, 0.5) is 5.69 Å². The predicted molar refractivity (Wildman–Crippen MR) is 133 cm³/mol. The molecule has 0 heterocycles. The summed E-state index contributed by atoms with van der Waals surface area (Å²) < 4.78 is 10.6. The number of carbonyl (C=O) groups excluding carboxylic acids is 4. The monoisotopic (exact) mass is 490 g/mol. The number of carbonyl (C=O) groups is 4. The average molecular weight is 491 g/mol. The van der Waals surface area contributed by atoms with Crippen molar-refractivity contribution < 1.29 is 28.7 Å². The number of hydrogen-bond acceptors (Lipinski definition) is 6. The molecule has 5 N–H and O–H groups in total. The van der Waals surface area contributed by atoms with E-state index >= 15 is 0 Å². The van der Waals surface area contributed by atoms with Gasteiger partial charge < -0.3 is 31.2 Å². The van der Waals surface area contributed by atoms with Crippen molar-refractivity contribution in [3.05, 3.63) is 89.5 Å². The van der Waals surface area contributed by atoms with Gasteiger partial charge in [-0.3, -0.25) is 19.2 Å². The molecule has 0 aliphatic rings. The van der Waals surface area contributed by atoms with E-state index in [1.54, 1.807) is 79.9 Å². The van der Waals surface area contributed by atoms with Crippen LogP contribution in [-0.2, 0) is 16.1 Å². The summed E-state index contributed by atoms with van der Waals surface area (Å²) >= 11 is 0. The maximum absolute atomic E-state index is 12.4. The van der Waals surface area contributed by atoms with Gasteiger partial charge in [-0.25, -0.2) is 0 Å². The second kappa shape index (κ2) is 12.6. The summed E-state index contributed by atoms with van der Waals surface area (Å²) in [4.78, 5) is 47.2. The Bertz CT molecular complexity index is 1230. The molecule has 10 heteroatoms. The van der Waals surface area contributed by atoms with E-state index < -0.39 is 11.8 Å². The molecule has 0 spiro atoms. The van der Waals surface area contributed by atoms with E-state index in [1.807, 2.05) is 0 Å². The Kier molecular flexibility index (Phi) is 8.99. The third kappa shape index (κ3) is 7.87. The highest BCUT2D eigenvalue weighted by Crippen LogP contribution is 2.17. The Labute approximate surface area is 207 Å². The fourth-order valence-corrected chi connectivity index (χ4v) is 3.08. The molecule has 3 aromatic rings. The van der Waals surface area contributed by atoms with Crippen LogP contribution in [0.5, 0.6) is 11.5 Å². The van der Waals surface area contributed by atoms with E-state index in [1.165, 1.54) is 0 Å². The summed E-state index contributed by atoms with van der Waals surface area (Å²) in [5.74, 6) is -0.592. The number of nitrogens with two attached hydrogens (primary N) is 1. The van der Waals surface area contributed by atoms with E-state index in [-0.39, 0.29) is 31.5 Å². The summed E-state index contributed by atoms with van der Waals surface area (Å²) in [7, 11) is 1.55. The molecular weight excluding hydrogens is 464 g/mol. The molecule has 0 aliphatic carbocycles. The smallest absolute Gasteiger partial charge is 0.262 e. The predicted octanol–water partition coefficient (Wildman–Crippen LogP) is 1.86. The molecule has 0 bridgehead atoms. The van der Waals surface area contributed by atoms with Gasteiger partial charge in [0.2, 0.25) is 5.91 Å². The fraction of sp³-hybridized carbons (Fsp3) is 0.154. The topological polar surface area (TPSA) is 149 Å². The number of rotatable bonds is 11. The first kappa shape index (κ1) is 25.8. The summed E-state index contributed by atoms with van der Waals surface area (Å²) in [5.41, 5.74) is 7.19. The largest absolute Gasteiger partial charge is 0.497 e. The molecule has 3 rings (SSSR count). The normalized spacial score (nSPS) is 10.1. The van der Waals surface area contributed by atoms with Crippen LogP contribution in [0.3, 0.4) is 0 Å². The van der Waals surface area contributed by atoms with Crippen molar-refractivity contribution in [1.29, 1.82) is 0 Å². The van der Waals surface area contributed by atoms with E-state index in [0.29, 0.717) is 28.3 Å². The van der Waals surface area contributed by atoms with Gasteiger partial charge in [-0.1, -0.05) is 18.2 Å². The Morgan fingerprint density at radius 2 is 1.44 bits per heavy atom. The minimum Gasteiger partial charge on any atom is -0.497 e. The van der Waals surface area contributed by atoms with Gasteiger partial charge in [0.25, 0.3) is 17.7 Å². The third-order valence-electron chi connectivity index (χ3n) is 4.93. The molecule has 0 fully saturated rings. The number of amides is 4. The van der Waals surface area contributed by atoms with Gasteiger partial charge >= 0.3 is 0 Å². The Balaban J connectivity index is 1.44. The summed E-state index contributed by atoms with van der Waals surface area (Å²) in [6.45, 7) is -0.180. The lowest BCUT2D eigenvalue weighted by molar-refractivity contribution is -0.118. The lowest BCUT2D eigenvalue weighted by Gasteiger charge is -2.10. The Hall–Kier alpha value is -4.86. The molecule has 4 amide bonds. The van der Waals surface area contributed by atoms with Crippen LogP contribution in [0.25, 0.3) is 0 Å². The zero-order valence-electron chi connectivity index (χ0n) is 19.6. The van der Waals surface area contributed by atoms with Crippen LogP contribution in [-0.4, -0.2) is 43.9 Å². The number of methoxy groups -OCH3 is 1. The lowest BCUT2D eigenvalue weighted by Crippen LogP contribution is -2.33. The summed E-state index contributed by atoms with van der Waals surface area (Å²) in [6, 6.07) is 20.0. The number of ether oxygens (including phenoxy) is 2. The van der Waals surface area contributed by atoms with Crippen molar-refractivity contribution >= 4 is 29.3 Å². The van der Waals surface area contributed by atoms with Crippen LogP contribution in [0.1, 0.15) is 26.3 Å². The van der Waals surface area contributed by atoms with E-state index in [9.17, 15) is 19.2 Å². The maximum Gasteiger partial charge on any atom is 0.262 e. The standard InChI is InChI=1S/C26H26N4O6/c1-35-22-4-2-3-20(13-22)30-24(32)16-36-21-11-9-19(10-12-21)25(33)28-14-17-5-7-18(8-6-17)26(34)29-15-23(27)31/h2-13H,14-16H2,1H3,(H2,27,31)(H,28,33)(H,29,34)(H,30,32). The van der Waals surface area contributed by atoms with Crippen molar-refractivity contribution in [2.24, 2.45) is 5.73 Å². The van der Waals surface area contributed by atoms with E-state index in [4.69, 9.17) is 15.2 Å². The first-order valence-corrected chi connectivity index (χ1v) is 10.9. The summed E-state index contributed by atoms with van der Waals surface area (Å²) in [6.07, 6.45) is 0. The minimum atomic E-state index is -0.628. The van der Waals surface area contributed by atoms with Crippen molar-refractivity contribution in [2.45, 2.75) is 6.54 Å². The van der Waals surface area contributed by atoms with Crippen molar-refractivity contribution in [3.63, 3.8) is 0 Å². The van der Waals surface area contributed by atoms with Crippen LogP contribution >= 0.6 is 0 Å². The lowest BCUT2D eigenvalue weighted by atomic mass is 10.1. The molecule has 36 heavy (non-hydrogen) atoms. The molecule has 3 aromatic carbocycles. The zero-order valence-corrected chi connectivity index (χ0v) is 19.6. The third-order valence-corrected chi connectivity index (χ3v) is 4.93. The quantitative estimate of drug-likeness (QED) is 0.322. The molecule has 0 radical (unpaired) electrons. The molecule has 0 saturated carbocycles. The van der Waals surface area contributed by atoms with Gasteiger partial charge in [-0.15, -0.1) is 0 Å². The fourth-order valence-electron chi connectivity index (χ4n) is 3.08. The molecule has 0 atom stereocenters. The van der Waals surface area contributed by atoms with Gasteiger partial charge in [0.15, 0.2) is 6.61 Å². The first-order valence-electron chi connectivity index (χ1n) is 10.9. The molecule has 10 nitrogen and oxygen atoms in total. The van der Waals surface area contributed by atoms with Crippen LogP contribution in [0.2, 0.25) is 0 Å². The van der Waals surface area contributed by atoms with Gasteiger partial charge in [-0.05, 0) is 54.1 Å². The maximum atomic E-state index is 12.4. The summed E-state index contributed by atoms with van der Waals surface area (Å²) in [5, 5.41) is 7.92. The number of primary amides is 1. The first-order chi connectivity index (χ1) is 17.3. The van der Waals surface area contributed by atoms with Gasteiger partial charge in [0.05, 0.1) is 13.7 Å². The second-order valence-corrected chi connectivity index (χ2v) is 7.62.